The Morgan fingerprint density at radius 3 is 2.65 bits per heavy atom. The maximum atomic E-state index is 5.93. The zero-order chi connectivity index (χ0) is 12.8. The van der Waals surface area contributed by atoms with Crippen LogP contribution < -0.4 is 10.5 Å². The molecule has 17 heavy (non-hydrogen) atoms. The third kappa shape index (κ3) is 5.32. The number of benzene rings is 1. The SMILES string of the molecule is CC(C)SCCOc1ccc(Br)cc1[C@@H](C)N. The summed E-state index contributed by atoms with van der Waals surface area (Å²) in [4.78, 5) is 0. The second-order valence-electron chi connectivity index (χ2n) is 4.24. The summed E-state index contributed by atoms with van der Waals surface area (Å²) in [5.41, 5.74) is 6.98. The molecule has 0 aliphatic rings. The molecule has 0 fully saturated rings. The maximum absolute atomic E-state index is 5.93. The van der Waals surface area contributed by atoms with Gasteiger partial charge in [-0.25, -0.2) is 0 Å². The minimum absolute atomic E-state index is 0.0137. The molecule has 0 amide bonds. The third-order valence-corrected chi connectivity index (χ3v) is 3.82. The first kappa shape index (κ1) is 14.9. The summed E-state index contributed by atoms with van der Waals surface area (Å²) in [6, 6.07) is 5.97. The molecule has 1 atom stereocenters. The minimum atomic E-state index is -0.0137. The maximum Gasteiger partial charge on any atom is 0.124 e. The van der Waals surface area contributed by atoms with E-state index in [4.69, 9.17) is 10.5 Å². The first-order chi connectivity index (χ1) is 8.00. The van der Waals surface area contributed by atoms with Gasteiger partial charge in [0.25, 0.3) is 0 Å². The molecule has 1 rings (SSSR count). The van der Waals surface area contributed by atoms with Gasteiger partial charge in [-0.1, -0.05) is 29.8 Å². The summed E-state index contributed by atoms with van der Waals surface area (Å²) in [5, 5.41) is 0.649. The fraction of sp³-hybridized carbons (Fsp3) is 0.538. The Bertz CT molecular complexity index is 355. The first-order valence-electron chi connectivity index (χ1n) is 5.80. The highest BCUT2D eigenvalue weighted by Gasteiger charge is 2.08. The molecule has 1 aromatic rings. The number of hydrogen-bond donors (Lipinski definition) is 1. The van der Waals surface area contributed by atoms with Crippen LogP contribution in [0, 0.1) is 0 Å². The molecule has 0 saturated heterocycles. The summed E-state index contributed by atoms with van der Waals surface area (Å²) in [6.07, 6.45) is 0. The first-order valence-corrected chi connectivity index (χ1v) is 7.64. The molecule has 0 unspecified atom stereocenters. The molecule has 0 spiro atoms. The average Bonchev–Trinajstić information content (AvgIpc) is 2.25. The molecule has 4 heteroatoms. The number of hydrogen-bond acceptors (Lipinski definition) is 3. The summed E-state index contributed by atoms with van der Waals surface area (Å²) in [6.45, 7) is 7.08. The van der Waals surface area contributed by atoms with Crippen molar-refractivity contribution in [2.24, 2.45) is 5.73 Å². The van der Waals surface area contributed by atoms with Gasteiger partial charge < -0.3 is 10.5 Å². The Hall–Kier alpha value is -0.190. The molecule has 0 saturated carbocycles. The fourth-order valence-corrected chi connectivity index (χ4v) is 2.47. The lowest BCUT2D eigenvalue weighted by Gasteiger charge is -2.14. The summed E-state index contributed by atoms with van der Waals surface area (Å²) >= 11 is 5.35. The summed E-state index contributed by atoms with van der Waals surface area (Å²) in [5.74, 6) is 1.90. The molecule has 0 radical (unpaired) electrons. The monoisotopic (exact) mass is 317 g/mol. The van der Waals surface area contributed by atoms with E-state index in [2.05, 4.69) is 29.8 Å². The molecule has 0 heterocycles. The van der Waals surface area contributed by atoms with E-state index in [1.54, 1.807) is 0 Å². The lowest BCUT2D eigenvalue weighted by Crippen LogP contribution is -2.10. The van der Waals surface area contributed by atoms with Crippen molar-refractivity contribution in [3.05, 3.63) is 28.2 Å². The van der Waals surface area contributed by atoms with E-state index < -0.39 is 0 Å². The Morgan fingerprint density at radius 2 is 2.06 bits per heavy atom. The number of rotatable bonds is 6. The van der Waals surface area contributed by atoms with Crippen molar-refractivity contribution in [2.75, 3.05) is 12.4 Å². The Morgan fingerprint density at radius 1 is 1.35 bits per heavy atom. The predicted octanol–water partition coefficient (Wildman–Crippen LogP) is 3.99. The van der Waals surface area contributed by atoms with Crippen LogP contribution in [0.15, 0.2) is 22.7 Å². The van der Waals surface area contributed by atoms with Crippen molar-refractivity contribution in [2.45, 2.75) is 32.1 Å². The van der Waals surface area contributed by atoms with Crippen molar-refractivity contribution >= 4 is 27.7 Å². The molecular formula is C13H20BrNOS. The van der Waals surface area contributed by atoms with Gasteiger partial charge >= 0.3 is 0 Å². The Kier molecular flexibility index (Phi) is 6.38. The number of nitrogens with two attached hydrogens (primary N) is 1. The topological polar surface area (TPSA) is 35.2 Å². The molecule has 0 aromatic heterocycles. The van der Waals surface area contributed by atoms with Crippen molar-refractivity contribution in [3.63, 3.8) is 0 Å². The van der Waals surface area contributed by atoms with Crippen molar-refractivity contribution in [1.29, 1.82) is 0 Å². The lowest BCUT2D eigenvalue weighted by atomic mass is 10.1. The van der Waals surface area contributed by atoms with Gasteiger partial charge in [-0.2, -0.15) is 11.8 Å². The fourth-order valence-electron chi connectivity index (χ4n) is 1.44. The number of halogens is 1. The summed E-state index contributed by atoms with van der Waals surface area (Å²) in [7, 11) is 0. The highest BCUT2D eigenvalue weighted by molar-refractivity contribution is 9.10. The second kappa shape index (κ2) is 7.29. The number of thioether (sulfide) groups is 1. The van der Waals surface area contributed by atoms with E-state index in [0.717, 1.165) is 28.1 Å². The average molecular weight is 318 g/mol. The lowest BCUT2D eigenvalue weighted by molar-refractivity contribution is 0.338. The van der Waals surface area contributed by atoms with E-state index >= 15 is 0 Å². The normalized spacial score (nSPS) is 12.8. The van der Waals surface area contributed by atoms with Crippen LogP contribution in [0.4, 0.5) is 0 Å². The van der Waals surface area contributed by atoms with Gasteiger partial charge in [0.05, 0.1) is 6.61 Å². The van der Waals surface area contributed by atoms with E-state index in [0.29, 0.717) is 5.25 Å². The zero-order valence-corrected chi connectivity index (χ0v) is 13.0. The van der Waals surface area contributed by atoms with Crippen LogP contribution in [-0.4, -0.2) is 17.6 Å². The van der Waals surface area contributed by atoms with Crippen molar-refractivity contribution < 1.29 is 4.74 Å². The van der Waals surface area contributed by atoms with E-state index in [1.165, 1.54) is 0 Å². The molecule has 1 aromatic carbocycles. The van der Waals surface area contributed by atoms with Gasteiger partial charge in [0.1, 0.15) is 5.75 Å². The molecular weight excluding hydrogens is 298 g/mol. The van der Waals surface area contributed by atoms with Crippen LogP contribution in [0.1, 0.15) is 32.4 Å². The van der Waals surface area contributed by atoms with Gasteiger partial charge in [0, 0.05) is 21.8 Å². The van der Waals surface area contributed by atoms with Crippen LogP contribution in [0.2, 0.25) is 0 Å². The molecule has 96 valence electrons. The van der Waals surface area contributed by atoms with Crippen molar-refractivity contribution in [3.8, 4) is 5.75 Å². The van der Waals surface area contributed by atoms with E-state index in [9.17, 15) is 0 Å². The van der Waals surface area contributed by atoms with Gasteiger partial charge in [0.2, 0.25) is 0 Å². The molecule has 2 N–H and O–H groups in total. The molecule has 0 aliphatic heterocycles. The van der Waals surface area contributed by atoms with Crippen molar-refractivity contribution in [1.82, 2.24) is 0 Å². The largest absolute Gasteiger partial charge is 0.492 e. The molecule has 0 aliphatic carbocycles. The van der Waals surface area contributed by atoms with Crippen LogP contribution in [-0.2, 0) is 0 Å². The van der Waals surface area contributed by atoms with Gasteiger partial charge in [0.15, 0.2) is 0 Å². The van der Waals surface area contributed by atoms with Crippen LogP contribution in [0.25, 0.3) is 0 Å². The minimum Gasteiger partial charge on any atom is -0.492 e. The zero-order valence-electron chi connectivity index (χ0n) is 10.6. The highest BCUT2D eigenvalue weighted by Crippen LogP contribution is 2.27. The second-order valence-corrected chi connectivity index (χ2v) is 6.84. The predicted molar refractivity (Wildman–Crippen MR) is 79.8 cm³/mol. The van der Waals surface area contributed by atoms with Crippen LogP contribution in [0.5, 0.6) is 5.75 Å². The standard InChI is InChI=1S/C13H20BrNOS/c1-9(2)17-7-6-16-13-5-4-11(14)8-12(13)10(3)15/h4-5,8-10H,6-7,15H2,1-3H3/t10-/m1/s1. The van der Waals surface area contributed by atoms with E-state index in [-0.39, 0.29) is 6.04 Å². The quantitative estimate of drug-likeness (QED) is 0.806. The van der Waals surface area contributed by atoms with Gasteiger partial charge in [-0.15, -0.1) is 0 Å². The third-order valence-electron chi connectivity index (χ3n) is 2.25. The van der Waals surface area contributed by atoms with Gasteiger partial charge in [-0.05, 0) is 30.4 Å². The smallest absolute Gasteiger partial charge is 0.124 e. The van der Waals surface area contributed by atoms with Crippen LogP contribution >= 0.6 is 27.7 Å². The molecule has 2 nitrogen and oxygen atoms in total. The summed E-state index contributed by atoms with van der Waals surface area (Å²) < 4.78 is 6.82. The van der Waals surface area contributed by atoms with Crippen LogP contribution in [0.3, 0.4) is 0 Å². The highest BCUT2D eigenvalue weighted by atomic mass is 79.9. The number of ether oxygens (including phenoxy) is 1. The Labute approximate surface area is 116 Å². The van der Waals surface area contributed by atoms with E-state index in [1.807, 2.05) is 36.9 Å². The van der Waals surface area contributed by atoms with Gasteiger partial charge in [-0.3, -0.25) is 0 Å². The molecule has 0 bridgehead atoms. The Balaban J connectivity index is 2.58.